The Morgan fingerprint density at radius 3 is 2.14 bits per heavy atom. The molecule has 3 aromatic rings. The number of pyridine rings is 1. The molecular formula is C22H25Cl2N5O6S2. The van der Waals surface area contributed by atoms with Crippen LogP contribution >= 0.6 is 24.8 Å². The summed E-state index contributed by atoms with van der Waals surface area (Å²) in [5.41, 5.74) is 11.8. The number of ether oxygens (including phenoxy) is 1. The minimum atomic E-state index is -4.23. The van der Waals surface area contributed by atoms with Gasteiger partial charge >= 0.3 is 0 Å². The van der Waals surface area contributed by atoms with Gasteiger partial charge in [-0.2, -0.15) is 4.99 Å². The third-order valence-electron chi connectivity index (χ3n) is 4.75. The van der Waals surface area contributed by atoms with Gasteiger partial charge in [-0.25, -0.2) is 22.0 Å². The number of benzene rings is 2. The molecule has 0 aliphatic heterocycles. The minimum Gasteiger partial charge on any atom is -0.455 e. The predicted molar refractivity (Wildman–Crippen MR) is 144 cm³/mol. The Labute approximate surface area is 226 Å². The van der Waals surface area contributed by atoms with Gasteiger partial charge in [0.2, 0.25) is 10.0 Å². The van der Waals surface area contributed by atoms with Crippen LogP contribution in [0.15, 0.2) is 75.6 Å². The van der Waals surface area contributed by atoms with Crippen LogP contribution in [0.3, 0.4) is 0 Å². The summed E-state index contributed by atoms with van der Waals surface area (Å²) >= 11 is 0. The van der Waals surface area contributed by atoms with Crippen LogP contribution in [0.1, 0.15) is 21.6 Å². The molecule has 1 amide bonds. The number of hydrogen-bond donors (Lipinski definition) is 3. The molecule has 0 fully saturated rings. The van der Waals surface area contributed by atoms with Crippen molar-refractivity contribution in [2.45, 2.75) is 22.6 Å². The normalized spacial score (nSPS) is 11.0. The van der Waals surface area contributed by atoms with Crippen LogP contribution in [0.4, 0.5) is 0 Å². The zero-order valence-corrected chi connectivity index (χ0v) is 22.7. The second-order valence-corrected chi connectivity index (χ2v) is 11.0. The van der Waals surface area contributed by atoms with E-state index in [4.69, 9.17) is 21.3 Å². The van der Waals surface area contributed by atoms with Crippen molar-refractivity contribution < 1.29 is 26.4 Å². The first-order valence-electron chi connectivity index (χ1n) is 10.1. The van der Waals surface area contributed by atoms with E-state index in [-0.39, 0.29) is 51.7 Å². The Kier molecular flexibility index (Phi) is 11.0. The lowest BCUT2D eigenvalue weighted by Crippen LogP contribution is -2.24. The number of aryl methyl sites for hydroxylation is 2. The van der Waals surface area contributed by atoms with Crippen LogP contribution in [0.25, 0.3) is 0 Å². The van der Waals surface area contributed by atoms with Crippen LogP contribution in [-0.2, 0) is 32.7 Å². The highest BCUT2D eigenvalue weighted by Crippen LogP contribution is 2.34. The lowest BCUT2D eigenvalue weighted by molar-refractivity contribution is 0.100. The van der Waals surface area contributed by atoms with Gasteiger partial charge in [-0.1, -0.05) is 12.1 Å². The molecule has 3 rings (SSSR count). The molecule has 0 atom stereocenters. The van der Waals surface area contributed by atoms with E-state index in [2.05, 4.69) is 9.98 Å². The molecule has 11 nitrogen and oxygen atoms in total. The first kappa shape index (κ1) is 31.8. The average Bonchev–Trinajstić information content (AvgIpc) is 2.77. The summed E-state index contributed by atoms with van der Waals surface area (Å²) < 4.78 is 55.0. The van der Waals surface area contributed by atoms with Crippen molar-refractivity contribution in [2.24, 2.45) is 21.6 Å². The van der Waals surface area contributed by atoms with Crippen molar-refractivity contribution in [1.82, 2.24) is 4.98 Å². The fourth-order valence-corrected chi connectivity index (χ4v) is 4.67. The quantitative estimate of drug-likeness (QED) is 0.259. The third-order valence-corrected chi connectivity index (χ3v) is 6.80. The molecule has 200 valence electrons. The summed E-state index contributed by atoms with van der Waals surface area (Å²) in [4.78, 5) is 19.0. The molecule has 37 heavy (non-hydrogen) atoms. The fraction of sp³-hybridized carbons (Fsp3) is 0.136. The molecule has 1 aromatic heterocycles. The summed E-state index contributed by atoms with van der Waals surface area (Å²) in [5.74, 6) is -1.73. The number of carbonyl (C=O) groups excluding carboxylic acids is 1. The highest BCUT2D eigenvalue weighted by atomic mass is 35.5. The van der Waals surface area contributed by atoms with E-state index in [1.807, 2.05) is 12.1 Å². The molecule has 0 saturated carbocycles. The number of amides is 1. The Bertz CT molecular complexity index is 1510. The standard InChI is InChI=1S/C22H23N5O6S2.2ClH/c1-34(29,30)19-13-15(21(28)27-22(23)24)7-10-17(19)33-18-9-6-14(12-20(18)35(25,31)32)5-8-16-4-2-3-11-26-16;;/h2-4,6-7,9-13H,5,8H2,1H3,(H2,25,31,32)(H4,23,24,27,28);2*1H. The number of halogens is 2. The van der Waals surface area contributed by atoms with Crippen molar-refractivity contribution in [1.29, 1.82) is 0 Å². The van der Waals surface area contributed by atoms with Gasteiger partial charge in [-0.05, 0) is 60.9 Å². The Morgan fingerprint density at radius 1 is 0.919 bits per heavy atom. The molecule has 0 aliphatic carbocycles. The SMILES string of the molecule is CS(=O)(=O)c1cc(C(=O)N=C(N)N)ccc1Oc1ccc(CCc2ccccn2)cc1S(N)(=O)=O.Cl.Cl. The number of nitrogens with two attached hydrogens (primary N) is 3. The van der Waals surface area contributed by atoms with Crippen LogP contribution in [0.5, 0.6) is 11.5 Å². The van der Waals surface area contributed by atoms with Gasteiger partial charge in [0.25, 0.3) is 5.91 Å². The number of carbonyl (C=O) groups is 1. The lowest BCUT2D eigenvalue weighted by Gasteiger charge is -2.14. The van der Waals surface area contributed by atoms with Crippen molar-refractivity contribution >= 4 is 56.5 Å². The van der Waals surface area contributed by atoms with E-state index in [9.17, 15) is 21.6 Å². The smallest absolute Gasteiger partial charge is 0.280 e. The highest BCUT2D eigenvalue weighted by Gasteiger charge is 2.22. The van der Waals surface area contributed by atoms with Crippen LogP contribution in [0.2, 0.25) is 0 Å². The molecule has 0 unspecified atom stereocenters. The van der Waals surface area contributed by atoms with Gasteiger partial charge < -0.3 is 16.2 Å². The Balaban J connectivity index is 0.00000342. The van der Waals surface area contributed by atoms with E-state index >= 15 is 0 Å². The summed E-state index contributed by atoms with van der Waals surface area (Å²) in [6.07, 6.45) is 3.62. The number of rotatable bonds is 8. The second-order valence-electron chi connectivity index (χ2n) is 7.52. The maximum atomic E-state index is 12.4. The van der Waals surface area contributed by atoms with E-state index in [0.29, 0.717) is 18.4 Å². The largest absolute Gasteiger partial charge is 0.455 e. The molecule has 1 heterocycles. The lowest BCUT2D eigenvalue weighted by atomic mass is 10.1. The number of sulfonamides is 1. The number of guanidine groups is 1. The van der Waals surface area contributed by atoms with Gasteiger partial charge in [0.15, 0.2) is 15.8 Å². The summed E-state index contributed by atoms with van der Waals surface area (Å²) in [5, 5.41) is 5.40. The molecule has 2 aromatic carbocycles. The van der Waals surface area contributed by atoms with Crippen LogP contribution in [-0.4, -0.2) is 39.9 Å². The number of aromatic nitrogens is 1. The highest BCUT2D eigenvalue weighted by molar-refractivity contribution is 7.90. The first-order chi connectivity index (χ1) is 16.3. The zero-order valence-electron chi connectivity index (χ0n) is 19.4. The topological polar surface area (TPSA) is 198 Å². The van der Waals surface area contributed by atoms with Crippen molar-refractivity contribution in [3.63, 3.8) is 0 Å². The minimum absolute atomic E-state index is 0. The number of nitrogens with zero attached hydrogens (tertiary/aromatic N) is 2. The molecule has 0 radical (unpaired) electrons. The fourth-order valence-electron chi connectivity index (χ4n) is 3.15. The molecule has 15 heteroatoms. The van der Waals surface area contributed by atoms with Gasteiger partial charge in [0.05, 0.1) is 0 Å². The molecular weight excluding hydrogens is 565 g/mol. The van der Waals surface area contributed by atoms with Crippen LogP contribution < -0.4 is 21.3 Å². The predicted octanol–water partition coefficient (Wildman–Crippen LogP) is 1.97. The summed E-state index contributed by atoms with van der Waals surface area (Å²) in [6, 6.07) is 13.4. The van der Waals surface area contributed by atoms with E-state index < -0.39 is 31.7 Å². The van der Waals surface area contributed by atoms with Crippen molar-refractivity contribution in [3.8, 4) is 11.5 Å². The number of aliphatic imine (C=N–C) groups is 1. The van der Waals surface area contributed by atoms with E-state index in [1.54, 1.807) is 18.3 Å². The maximum absolute atomic E-state index is 12.4. The van der Waals surface area contributed by atoms with Crippen molar-refractivity contribution in [2.75, 3.05) is 6.26 Å². The molecule has 0 spiro atoms. The van der Waals surface area contributed by atoms with Gasteiger partial charge in [-0.15, -0.1) is 24.8 Å². The molecule has 0 saturated heterocycles. The third kappa shape index (κ3) is 8.68. The van der Waals surface area contributed by atoms with Crippen LogP contribution in [0, 0.1) is 0 Å². The number of primary sulfonamides is 1. The van der Waals surface area contributed by atoms with Gasteiger partial charge in [-0.3, -0.25) is 9.78 Å². The molecule has 0 bridgehead atoms. The average molecular weight is 591 g/mol. The zero-order chi connectivity index (χ0) is 25.8. The number of sulfone groups is 1. The van der Waals surface area contributed by atoms with Gasteiger partial charge in [0, 0.05) is 23.7 Å². The maximum Gasteiger partial charge on any atom is 0.280 e. The van der Waals surface area contributed by atoms with E-state index in [0.717, 1.165) is 18.0 Å². The Hall–Kier alpha value is -3.23. The number of hydrogen-bond acceptors (Lipinski definition) is 7. The van der Waals surface area contributed by atoms with Gasteiger partial charge in [0.1, 0.15) is 21.3 Å². The molecule has 0 aliphatic rings. The van der Waals surface area contributed by atoms with E-state index in [1.165, 1.54) is 24.3 Å². The summed E-state index contributed by atoms with van der Waals surface area (Å²) in [7, 11) is -8.14. The molecule has 6 N–H and O–H groups in total. The summed E-state index contributed by atoms with van der Waals surface area (Å²) in [6.45, 7) is 0. The Morgan fingerprint density at radius 2 is 1.57 bits per heavy atom. The monoisotopic (exact) mass is 589 g/mol. The van der Waals surface area contributed by atoms with Crippen molar-refractivity contribution in [3.05, 3.63) is 77.6 Å². The first-order valence-corrected chi connectivity index (χ1v) is 13.5. The second kappa shape index (κ2) is 12.8.